The highest BCUT2D eigenvalue weighted by Crippen LogP contribution is 2.49. The SMILES string of the molecule is C/C=C/c1ccc2n(c1=O)C[C@H]1[C@H](CO)[C@@H](C(=O)N[C@@H](C)c3ccccc3)N(C(=O)c3ccccn3)[C@@H]21. The molecule has 37 heavy (non-hydrogen) atoms. The molecular weight excluding hydrogens is 468 g/mol. The molecule has 0 spiro atoms. The van der Waals surface area contributed by atoms with Crippen LogP contribution in [-0.4, -0.2) is 44.0 Å². The molecule has 190 valence electrons. The number of amides is 2. The number of allylic oxidation sites excluding steroid dienone is 1. The van der Waals surface area contributed by atoms with Gasteiger partial charge in [0.05, 0.1) is 12.1 Å². The third kappa shape index (κ3) is 4.27. The molecule has 8 nitrogen and oxygen atoms in total. The van der Waals surface area contributed by atoms with Crippen molar-refractivity contribution in [2.45, 2.75) is 38.5 Å². The van der Waals surface area contributed by atoms with Crippen LogP contribution in [0.2, 0.25) is 0 Å². The van der Waals surface area contributed by atoms with Gasteiger partial charge >= 0.3 is 0 Å². The Labute approximate surface area is 215 Å². The molecule has 0 radical (unpaired) electrons. The Bertz CT molecular complexity index is 1390. The zero-order valence-corrected chi connectivity index (χ0v) is 20.8. The van der Waals surface area contributed by atoms with Crippen LogP contribution in [0.1, 0.15) is 53.2 Å². The van der Waals surface area contributed by atoms with Crippen LogP contribution in [0.5, 0.6) is 0 Å². The van der Waals surface area contributed by atoms with Crippen LogP contribution in [0.3, 0.4) is 0 Å². The monoisotopic (exact) mass is 498 g/mol. The van der Waals surface area contributed by atoms with E-state index in [2.05, 4.69) is 10.3 Å². The summed E-state index contributed by atoms with van der Waals surface area (Å²) in [7, 11) is 0. The number of aliphatic hydroxyl groups excluding tert-OH is 1. The predicted molar refractivity (Wildman–Crippen MR) is 139 cm³/mol. The Kier molecular flexibility index (Phi) is 6.76. The highest BCUT2D eigenvalue weighted by atomic mass is 16.3. The first kappa shape index (κ1) is 24.6. The fourth-order valence-corrected chi connectivity index (χ4v) is 5.78. The summed E-state index contributed by atoms with van der Waals surface area (Å²) in [4.78, 5) is 46.6. The molecule has 1 fully saturated rings. The van der Waals surface area contributed by atoms with Gasteiger partial charge in [-0.15, -0.1) is 0 Å². The highest BCUT2D eigenvalue weighted by molar-refractivity contribution is 5.97. The number of carbonyl (C=O) groups excluding carboxylic acids is 2. The van der Waals surface area contributed by atoms with Crippen LogP contribution in [0.15, 0.2) is 77.7 Å². The lowest BCUT2D eigenvalue weighted by atomic mass is 9.88. The van der Waals surface area contributed by atoms with Gasteiger partial charge in [0, 0.05) is 42.4 Å². The van der Waals surface area contributed by atoms with E-state index < -0.39 is 23.9 Å². The normalized spacial score (nSPS) is 23.1. The summed E-state index contributed by atoms with van der Waals surface area (Å²) in [6, 6.07) is 16.5. The number of rotatable bonds is 6. The molecule has 2 amide bonds. The Morgan fingerprint density at radius 1 is 1.14 bits per heavy atom. The van der Waals surface area contributed by atoms with E-state index in [0.717, 1.165) is 5.56 Å². The van der Waals surface area contributed by atoms with E-state index >= 15 is 0 Å². The zero-order valence-electron chi connectivity index (χ0n) is 20.8. The standard InChI is InChI=1S/C29H30N4O4/c1-3-9-20-13-14-24-25-21(16-32(24)28(20)36)22(17-34)26(33(25)29(37)23-12-7-8-15-30-23)27(35)31-18(2)19-10-5-4-6-11-19/h3-15,18,21-22,25-26,34H,16-17H2,1-2H3,(H,31,35)/b9-3+/t18-,21-,22-,25+,26-/m0/s1. The van der Waals surface area contributed by atoms with E-state index in [1.54, 1.807) is 41.0 Å². The molecule has 2 aliphatic heterocycles. The number of hydrogen-bond donors (Lipinski definition) is 2. The van der Waals surface area contributed by atoms with Crippen molar-refractivity contribution in [3.05, 3.63) is 106 Å². The van der Waals surface area contributed by atoms with Gasteiger partial charge in [-0.05, 0) is 43.7 Å². The first-order valence-electron chi connectivity index (χ1n) is 12.5. The van der Waals surface area contributed by atoms with Crippen LogP contribution in [-0.2, 0) is 11.3 Å². The lowest BCUT2D eigenvalue weighted by molar-refractivity contribution is -0.127. The fourth-order valence-electron chi connectivity index (χ4n) is 5.78. The Morgan fingerprint density at radius 3 is 2.57 bits per heavy atom. The van der Waals surface area contributed by atoms with Crippen molar-refractivity contribution in [3.8, 4) is 0 Å². The molecule has 0 bridgehead atoms. The number of nitrogens with one attached hydrogen (secondary N) is 1. The fraction of sp³-hybridized carbons (Fsp3) is 0.310. The summed E-state index contributed by atoms with van der Waals surface area (Å²) >= 11 is 0. The Balaban J connectivity index is 1.57. The summed E-state index contributed by atoms with van der Waals surface area (Å²) in [6.07, 6.45) is 5.10. The molecule has 0 aliphatic carbocycles. The van der Waals surface area contributed by atoms with Crippen LogP contribution in [0, 0.1) is 11.8 Å². The number of carbonyl (C=O) groups is 2. The Hall–Kier alpha value is -4.04. The molecular formula is C29H30N4O4. The Morgan fingerprint density at radius 2 is 1.89 bits per heavy atom. The molecule has 0 unspecified atom stereocenters. The largest absolute Gasteiger partial charge is 0.396 e. The number of pyridine rings is 2. The van der Waals surface area contributed by atoms with Crippen LogP contribution in [0.25, 0.3) is 6.08 Å². The molecule has 3 aromatic rings. The maximum Gasteiger partial charge on any atom is 0.273 e. The smallest absolute Gasteiger partial charge is 0.273 e. The summed E-state index contributed by atoms with van der Waals surface area (Å²) in [5.41, 5.74) is 2.22. The first-order valence-corrected chi connectivity index (χ1v) is 12.5. The van der Waals surface area contributed by atoms with E-state index in [-0.39, 0.29) is 35.7 Å². The topological polar surface area (TPSA) is 105 Å². The lowest BCUT2D eigenvalue weighted by Gasteiger charge is -2.31. The maximum atomic E-state index is 13.9. The van der Waals surface area contributed by atoms with Crippen molar-refractivity contribution >= 4 is 17.9 Å². The van der Waals surface area contributed by atoms with E-state index in [4.69, 9.17) is 0 Å². The number of aromatic nitrogens is 2. The summed E-state index contributed by atoms with van der Waals surface area (Å²) < 4.78 is 1.67. The van der Waals surface area contributed by atoms with Crippen LogP contribution >= 0.6 is 0 Å². The number of benzene rings is 1. The second-order valence-electron chi connectivity index (χ2n) is 9.60. The first-order chi connectivity index (χ1) is 18.0. The minimum atomic E-state index is -0.917. The number of likely N-dealkylation sites (tertiary alicyclic amines) is 1. The van der Waals surface area contributed by atoms with E-state index in [9.17, 15) is 19.5 Å². The second-order valence-corrected chi connectivity index (χ2v) is 9.60. The maximum absolute atomic E-state index is 13.9. The molecule has 2 aromatic heterocycles. The van der Waals surface area contributed by atoms with Crippen molar-refractivity contribution in [2.75, 3.05) is 6.61 Å². The van der Waals surface area contributed by atoms with Gasteiger partial charge in [0.25, 0.3) is 11.5 Å². The predicted octanol–water partition coefficient (Wildman–Crippen LogP) is 2.96. The van der Waals surface area contributed by atoms with Gasteiger partial charge in [0.1, 0.15) is 11.7 Å². The molecule has 1 saturated heterocycles. The van der Waals surface area contributed by atoms with Crippen molar-refractivity contribution in [1.29, 1.82) is 0 Å². The minimum Gasteiger partial charge on any atom is -0.396 e. The molecule has 8 heteroatoms. The lowest BCUT2D eigenvalue weighted by Crippen LogP contribution is -2.51. The van der Waals surface area contributed by atoms with Gasteiger partial charge in [0.2, 0.25) is 5.91 Å². The quantitative estimate of drug-likeness (QED) is 0.544. The van der Waals surface area contributed by atoms with Crippen LogP contribution < -0.4 is 10.9 Å². The number of hydrogen-bond acceptors (Lipinski definition) is 5. The third-order valence-electron chi connectivity index (χ3n) is 7.50. The summed E-state index contributed by atoms with van der Waals surface area (Å²) in [6.45, 7) is 3.76. The zero-order chi connectivity index (χ0) is 26.1. The van der Waals surface area contributed by atoms with E-state index in [0.29, 0.717) is 17.8 Å². The molecule has 0 saturated carbocycles. The molecule has 2 N–H and O–H groups in total. The average Bonchev–Trinajstić information content (AvgIpc) is 3.46. The molecule has 2 aliphatic rings. The highest BCUT2D eigenvalue weighted by Gasteiger charge is 2.57. The molecule has 1 aromatic carbocycles. The van der Waals surface area contributed by atoms with Gasteiger partial charge in [-0.1, -0.05) is 48.6 Å². The van der Waals surface area contributed by atoms with E-state index in [1.807, 2.05) is 50.2 Å². The average molecular weight is 499 g/mol. The number of fused-ring (bicyclic) bond motifs is 3. The summed E-state index contributed by atoms with van der Waals surface area (Å²) in [5.74, 6) is -1.59. The van der Waals surface area contributed by atoms with Crippen molar-refractivity contribution in [1.82, 2.24) is 19.8 Å². The molecule has 4 heterocycles. The van der Waals surface area contributed by atoms with Crippen LogP contribution in [0.4, 0.5) is 0 Å². The summed E-state index contributed by atoms with van der Waals surface area (Å²) in [5, 5.41) is 13.6. The van der Waals surface area contributed by atoms with Crippen molar-refractivity contribution < 1.29 is 14.7 Å². The van der Waals surface area contributed by atoms with Gasteiger partial charge < -0.3 is 19.9 Å². The van der Waals surface area contributed by atoms with Gasteiger partial charge in [0.15, 0.2) is 0 Å². The van der Waals surface area contributed by atoms with Crippen molar-refractivity contribution in [2.24, 2.45) is 11.8 Å². The van der Waals surface area contributed by atoms with E-state index in [1.165, 1.54) is 11.1 Å². The number of aliphatic hydroxyl groups is 1. The molecule has 5 rings (SSSR count). The second kappa shape index (κ2) is 10.1. The minimum absolute atomic E-state index is 0.148. The van der Waals surface area contributed by atoms with Gasteiger partial charge in [-0.3, -0.25) is 19.4 Å². The third-order valence-corrected chi connectivity index (χ3v) is 7.50. The number of nitrogens with zero attached hydrogens (tertiary/aromatic N) is 3. The van der Waals surface area contributed by atoms with Gasteiger partial charge in [-0.2, -0.15) is 0 Å². The van der Waals surface area contributed by atoms with Gasteiger partial charge in [-0.25, -0.2) is 0 Å². The molecule has 5 atom stereocenters. The van der Waals surface area contributed by atoms with Crippen molar-refractivity contribution in [3.63, 3.8) is 0 Å².